The average Bonchev–Trinajstić information content (AvgIpc) is 2.72. The summed E-state index contributed by atoms with van der Waals surface area (Å²) in [7, 11) is 0. The van der Waals surface area contributed by atoms with Gasteiger partial charge in [0.05, 0.1) is 22.9 Å². The second kappa shape index (κ2) is 9.10. The largest absolute Gasteiger partial charge is 0.418 e. The quantitative estimate of drug-likeness (QED) is 0.717. The minimum Gasteiger partial charge on any atom is -0.339 e. The van der Waals surface area contributed by atoms with E-state index in [4.69, 9.17) is 5.26 Å². The van der Waals surface area contributed by atoms with Gasteiger partial charge >= 0.3 is 6.18 Å². The molecule has 29 heavy (non-hydrogen) atoms. The number of nitriles is 1. The average molecular weight is 404 g/mol. The Morgan fingerprint density at radius 1 is 1.03 bits per heavy atom. The zero-order chi connectivity index (χ0) is 21.6. The van der Waals surface area contributed by atoms with E-state index in [0.717, 1.165) is 6.07 Å². The number of rotatable bonds is 6. The van der Waals surface area contributed by atoms with Gasteiger partial charge in [-0.25, -0.2) is 0 Å². The monoisotopic (exact) mass is 404 g/mol. The first kappa shape index (κ1) is 21.8. The zero-order valence-corrected chi connectivity index (χ0v) is 15.8. The van der Waals surface area contributed by atoms with E-state index >= 15 is 0 Å². The van der Waals surface area contributed by atoms with Crippen LogP contribution in [0.1, 0.15) is 45.7 Å². The highest BCUT2D eigenvalue weighted by Crippen LogP contribution is 2.35. The van der Waals surface area contributed by atoms with Crippen molar-refractivity contribution in [2.45, 2.75) is 20.0 Å². The van der Waals surface area contributed by atoms with Crippen molar-refractivity contribution in [3.05, 3.63) is 64.7 Å². The molecule has 2 rings (SSSR count). The van der Waals surface area contributed by atoms with Crippen LogP contribution >= 0.6 is 0 Å². The summed E-state index contributed by atoms with van der Waals surface area (Å²) in [5.41, 5.74) is 3.39. The number of alkyl halides is 3. The van der Waals surface area contributed by atoms with Gasteiger partial charge < -0.3 is 4.90 Å². The topological polar surface area (TPSA) is 85.2 Å². The molecule has 0 aliphatic rings. The lowest BCUT2D eigenvalue weighted by Gasteiger charge is -2.18. The van der Waals surface area contributed by atoms with Gasteiger partial charge in [0.2, 0.25) is 0 Å². The van der Waals surface area contributed by atoms with E-state index in [2.05, 4.69) is 10.9 Å². The van der Waals surface area contributed by atoms with Crippen LogP contribution < -0.4 is 10.9 Å². The fourth-order valence-corrected chi connectivity index (χ4v) is 2.61. The SMILES string of the molecule is CCN(CC)C(=O)c1ccc(C(=O)NNc2ccc(C#N)cc2C(F)(F)F)cc1. The highest BCUT2D eigenvalue weighted by atomic mass is 19.4. The number of hydrogen-bond acceptors (Lipinski definition) is 4. The second-order valence-electron chi connectivity index (χ2n) is 6.00. The molecule has 0 unspecified atom stereocenters. The fourth-order valence-electron chi connectivity index (χ4n) is 2.61. The molecule has 9 heteroatoms. The molecule has 0 fully saturated rings. The molecule has 0 spiro atoms. The number of amides is 2. The van der Waals surface area contributed by atoms with Crippen LogP contribution in [0, 0.1) is 11.3 Å². The van der Waals surface area contributed by atoms with Crippen LogP contribution in [0.2, 0.25) is 0 Å². The van der Waals surface area contributed by atoms with Crippen molar-refractivity contribution in [1.82, 2.24) is 10.3 Å². The van der Waals surface area contributed by atoms with Gasteiger partial charge in [-0.05, 0) is 56.3 Å². The van der Waals surface area contributed by atoms with Crippen LogP contribution in [-0.4, -0.2) is 29.8 Å². The van der Waals surface area contributed by atoms with E-state index < -0.39 is 23.3 Å². The van der Waals surface area contributed by atoms with Crippen LogP contribution in [0.15, 0.2) is 42.5 Å². The van der Waals surface area contributed by atoms with Crippen molar-refractivity contribution in [2.24, 2.45) is 0 Å². The molecule has 0 saturated carbocycles. The first-order valence-corrected chi connectivity index (χ1v) is 8.78. The normalized spacial score (nSPS) is 10.8. The Morgan fingerprint density at radius 2 is 1.62 bits per heavy atom. The van der Waals surface area contributed by atoms with E-state index in [9.17, 15) is 22.8 Å². The lowest BCUT2D eigenvalue weighted by atomic mass is 10.1. The molecule has 0 heterocycles. The first-order chi connectivity index (χ1) is 13.7. The molecular weight excluding hydrogens is 385 g/mol. The maximum atomic E-state index is 13.2. The van der Waals surface area contributed by atoms with Gasteiger partial charge in [-0.2, -0.15) is 18.4 Å². The Bertz CT molecular complexity index is 930. The van der Waals surface area contributed by atoms with Crippen molar-refractivity contribution in [2.75, 3.05) is 18.5 Å². The number of halogens is 3. The van der Waals surface area contributed by atoms with Gasteiger partial charge in [0.25, 0.3) is 11.8 Å². The molecule has 152 valence electrons. The van der Waals surface area contributed by atoms with Gasteiger partial charge in [-0.3, -0.25) is 20.4 Å². The van der Waals surface area contributed by atoms with Crippen molar-refractivity contribution >= 4 is 17.5 Å². The Labute approximate surface area is 165 Å². The molecule has 0 atom stereocenters. The van der Waals surface area contributed by atoms with E-state index in [-0.39, 0.29) is 17.0 Å². The van der Waals surface area contributed by atoms with Crippen molar-refractivity contribution in [3.63, 3.8) is 0 Å². The number of carbonyl (C=O) groups is 2. The molecule has 0 aromatic heterocycles. The molecule has 0 bridgehead atoms. The van der Waals surface area contributed by atoms with Crippen molar-refractivity contribution < 1.29 is 22.8 Å². The summed E-state index contributed by atoms with van der Waals surface area (Å²) in [6.45, 7) is 4.81. The Morgan fingerprint density at radius 3 is 2.14 bits per heavy atom. The molecule has 6 nitrogen and oxygen atoms in total. The van der Waals surface area contributed by atoms with Gasteiger partial charge in [-0.1, -0.05) is 0 Å². The second-order valence-corrected chi connectivity index (χ2v) is 6.00. The third-order valence-corrected chi connectivity index (χ3v) is 4.21. The van der Waals surface area contributed by atoms with E-state index in [1.165, 1.54) is 30.3 Å². The lowest BCUT2D eigenvalue weighted by Crippen LogP contribution is -2.31. The number of nitrogens with zero attached hydrogens (tertiary/aromatic N) is 2. The third-order valence-electron chi connectivity index (χ3n) is 4.21. The van der Waals surface area contributed by atoms with E-state index in [1.54, 1.807) is 11.0 Å². The van der Waals surface area contributed by atoms with Crippen LogP contribution in [0.5, 0.6) is 0 Å². The fraction of sp³-hybridized carbons (Fsp3) is 0.250. The highest BCUT2D eigenvalue weighted by molar-refractivity contribution is 5.98. The van der Waals surface area contributed by atoms with E-state index in [1.807, 2.05) is 13.8 Å². The Kier molecular flexibility index (Phi) is 6.83. The molecular formula is C20H19F3N4O2. The van der Waals surface area contributed by atoms with Gasteiger partial charge in [0, 0.05) is 24.2 Å². The molecule has 2 amide bonds. The molecule has 0 aliphatic heterocycles. The maximum Gasteiger partial charge on any atom is 0.418 e. The Hall–Kier alpha value is -3.54. The number of carbonyl (C=O) groups excluding carboxylic acids is 2. The first-order valence-electron chi connectivity index (χ1n) is 8.78. The maximum absolute atomic E-state index is 13.2. The summed E-state index contributed by atoms with van der Waals surface area (Å²) < 4.78 is 39.5. The summed E-state index contributed by atoms with van der Waals surface area (Å²) in [6, 6.07) is 10.4. The number of benzene rings is 2. The van der Waals surface area contributed by atoms with Crippen LogP contribution in [0.3, 0.4) is 0 Å². The van der Waals surface area contributed by atoms with Crippen LogP contribution in [0.25, 0.3) is 0 Å². The molecule has 0 saturated heterocycles. The summed E-state index contributed by atoms with van der Waals surface area (Å²) in [4.78, 5) is 26.1. The standard InChI is InChI=1S/C20H19F3N4O2/c1-3-27(4-2)19(29)15-8-6-14(7-9-15)18(28)26-25-17-10-5-13(12-24)11-16(17)20(21,22)23/h5-11,25H,3-4H2,1-2H3,(H,26,28). The van der Waals surface area contributed by atoms with Gasteiger partial charge in [-0.15, -0.1) is 0 Å². The highest BCUT2D eigenvalue weighted by Gasteiger charge is 2.34. The molecule has 0 radical (unpaired) electrons. The van der Waals surface area contributed by atoms with E-state index in [0.29, 0.717) is 24.7 Å². The summed E-state index contributed by atoms with van der Waals surface area (Å²) in [5, 5.41) is 8.78. The number of anilines is 1. The predicted octanol–water partition coefficient (Wildman–Crippen LogP) is 3.82. The lowest BCUT2D eigenvalue weighted by molar-refractivity contribution is -0.137. The van der Waals surface area contributed by atoms with Gasteiger partial charge in [0.1, 0.15) is 0 Å². The number of nitrogens with one attached hydrogen (secondary N) is 2. The van der Waals surface area contributed by atoms with Crippen LogP contribution in [0.4, 0.5) is 18.9 Å². The molecule has 2 aromatic carbocycles. The van der Waals surface area contributed by atoms with Gasteiger partial charge in [0.15, 0.2) is 0 Å². The summed E-state index contributed by atoms with van der Waals surface area (Å²) in [5.74, 6) is -0.850. The van der Waals surface area contributed by atoms with Crippen LogP contribution in [-0.2, 0) is 6.18 Å². The molecule has 2 N–H and O–H groups in total. The van der Waals surface area contributed by atoms with Crippen molar-refractivity contribution in [3.8, 4) is 6.07 Å². The minimum atomic E-state index is -4.70. The predicted molar refractivity (Wildman–Crippen MR) is 101 cm³/mol. The summed E-state index contributed by atoms with van der Waals surface area (Å²) in [6.07, 6.45) is -4.70. The minimum absolute atomic E-state index is 0.150. The smallest absolute Gasteiger partial charge is 0.339 e. The van der Waals surface area contributed by atoms with Crippen molar-refractivity contribution in [1.29, 1.82) is 5.26 Å². The zero-order valence-electron chi connectivity index (χ0n) is 15.8. The summed E-state index contributed by atoms with van der Waals surface area (Å²) >= 11 is 0. The molecule has 0 aliphatic carbocycles. The number of hydrogen-bond donors (Lipinski definition) is 2. The Balaban J connectivity index is 2.12. The molecule has 2 aromatic rings. The third kappa shape index (κ3) is 5.25. The number of hydrazine groups is 1.